The molecule has 0 radical (unpaired) electrons. The summed E-state index contributed by atoms with van der Waals surface area (Å²) in [7, 11) is -2.45. The molecule has 1 saturated heterocycles. The van der Waals surface area contributed by atoms with E-state index in [0.29, 0.717) is 19.8 Å². The third kappa shape index (κ3) is 3.25. The minimum absolute atomic E-state index is 0.124. The highest BCUT2D eigenvalue weighted by Gasteiger charge is 2.32. The lowest BCUT2D eigenvalue weighted by Gasteiger charge is -2.26. The molecule has 1 atom stereocenters. The van der Waals surface area contributed by atoms with Gasteiger partial charge in [0.1, 0.15) is 4.90 Å². The molecule has 2 heterocycles. The maximum absolute atomic E-state index is 12.6. The molecule has 0 aliphatic carbocycles. The molecule has 1 aliphatic rings. The van der Waals surface area contributed by atoms with Gasteiger partial charge in [0.2, 0.25) is 10.0 Å². The SMILES string of the molecule is Cc1[nH]nc(C(=O)O)c1S(=O)(=O)N(C)CC1CCCOC1. The molecule has 1 unspecified atom stereocenters. The van der Waals surface area contributed by atoms with Crippen LogP contribution in [0, 0.1) is 12.8 Å². The molecule has 8 nitrogen and oxygen atoms in total. The first-order valence-electron chi connectivity index (χ1n) is 6.66. The van der Waals surface area contributed by atoms with Crippen molar-refractivity contribution in [1.82, 2.24) is 14.5 Å². The van der Waals surface area contributed by atoms with Gasteiger partial charge in [-0.05, 0) is 25.7 Å². The van der Waals surface area contributed by atoms with E-state index >= 15 is 0 Å². The van der Waals surface area contributed by atoms with Gasteiger partial charge >= 0.3 is 5.97 Å². The Bertz CT molecular complexity index is 619. The van der Waals surface area contributed by atoms with Crippen LogP contribution in [0.2, 0.25) is 0 Å². The normalized spacial score (nSPS) is 19.9. The summed E-state index contributed by atoms with van der Waals surface area (Å²) in [6, 6.07) is 0. The van der Waals surface area contributed by atoms with Crippen LogP contribution >= 0.6 is 0 Å². The maximum Gasteiger partial charge on any atom is 0.357 e. The minimum Gasteiger partial charge on any atom is -0.476 e. The molecule has 118 valence electrons. The maximum atomic E-state index is 12.6. The van der Waals surface area contributed by atoms with Gasteiger partial charge in [-0.3, -0.25) is 5.10 Å². The number of carboxylic acids is 1. The lowest BCUT2D eigenvalue weighted by molar-refractivity contribution is 0.0495. The highest BCUT2D eigenvalue weighted by molar-refractivity contribution is 7.89. The molecule has 1 aliphatic heterocycles. The molecule has 0 spiro atoms. The standard InChI is InChI=1S/C12H19N3O5S/c1-8-11(10(12(16)17)14-13-8)21(18,19)15(2)6-9-4-3-5-20-7-9/h9H,3-7H2,1-2H3,(H,13,14)(H,16,17). The monoisotopic (exact) mass is 317 g/mol. The van der Waals surface area contributed by atoms with Crippen LogP contribution in [0.25, 0.3) is 0 Å². The third-order valence-electron chi connectivity index (χ3n) is 3.53. The van der Waals surface area contributed by atoms with Crippen LogP contribution in [0.5, 0.6) is 0 Å². The molecule has 1 fully saturated rings. The molecule has 9 heteroatoms. The van der Waals surface area contributed by atoms with E-state index in [9.17, 15) is 13.2 Å². The van der Waals surface area contributed by atoms with Gasteiger partial charge in [0.05, 0.1) is 12.3 Å². The molecule has 1 aromatic rings. The fraction of sp³-hybridized carbons (Fsp3) is 0.667. The average Bonchev–Trinajstić information content (AvgIpc) is 2.82. The Hall–Kier alpha value is -1.45. The van der Waals surface area contributed by atoms with Gasteiger partial charge in [-0.15, -0.1) is 0 Å². The second-order valence-electron chi connectivity index (χ2n) is 5.20. The lowest BCUT2D eigenvalue weighted by atomic mass is 10.0. The number of H-pyrrole nitrogens is 1. The third-order valence-corrected chi connectivity index (χ3v) is 5.52. The largest absolute Gasteiger partial charge is 0.476 e. The molecule has 2 rings (SSSR count). The number of nitrogens with one attached hydrogen (secondary N) is 1. The summed E-state index contributed by atoms with van der Waals surface area (Å²) < 4.78 is 31.7. The average molecular weight is 317 g/mol. The first kappa shape index (κ1) is 15.9. The van der Waals surface area contributed by atoms with Gasteiger partial charge < -0.3 is 9.84 Å². The van der Waals surface area contributed by atoms with Crippen LogP contribution < -0.4 is 0 Å². The zero-order valence-electron chi connectivity index (χ0n) is 12.0. The number of hydrogen-bond acceptors (Lipinski definition) is 5. The van der Waals surface area contributed by atoms with Crippen molar-refractivity contribution >= 4 is 16.0 Å². The minimum atomic E-state index is -3.90. The van der Waals surface area contributed by atoms with E-state index in [4.69, 9.17) is 9.84 Å². The number of rotatable bonds is 5. The fourth-order valence-electron chi connectivity index (χ4n) is 2.45. The smallest absolute Gasteiger partial charge is 0.357 e. The highest BCUT2D eigenvalue weighted by Crippen LogP contribution is 2.23. The number of aromatic nitrogens is 2. The van der Waals surface area contributed by atoms with Crippen molar-refractivity contribution in [2.75, 3.05) is 26.8 Å². The molecule has 0 saturated carbocycles. The van der Waals surface area contributed by atoms with E-state index in [-0.39, 0.29) is 16.5 Å². The Morgan fingerprint density at radius 3 is 2.86 bits per heavy atom. The summed E-state index contributed by atoms with van der Waals surface area (Å²) in [6.07, 6.45) is 1.81. The van der Waals surface area contributed by atoms with Crippen molar-refractivity contribution in [2.24, 2.45) is 5.92 Å². The second-order valence-corrected chi connectivity index (χ2v) is 7.18. The van der Waals surface area contributed by atoms with Crippen molar-refractivity contribution in [2.45, 2.75) is 24.7 Å². The lowest BCUT2D eigenvalue weighted by Crippen LogP contribution is -2.35. The highest BCUT2D eigenvalue weighted by atomic mass is 32.2. The van der Waals surface area contributed by atoms with E-state index in [0.717, 1.165) is 12.8 Å². The van der Waals surface area contributed by atoms with Crippen LogP contribution in [0.4, 0.5) is 0 Å². The number of carboxylic acid groups (broad SMARTS) is 1. The van der Waals surface area contributed by atoms with E-state index in [1.54, 1.807) is 0 Å². The van der Waals surface area contributed by atoms with Crippen molar-refractivity contribution < 1.29 is 23.1 Å². The molecular weight excluding hydrogens is 298 g/mol. The van der Waals surface area contributed by atoms with Crippen molar-refractivity contribution in [3.63, 3.8) is 0 Å². The molecule has 0 aromatic carbocycles. The number of ether oxygens (including phenoxy) is 1. The van der Waals surface area contributed by atoms with Gasteiger partial charge in [0, 0.05) is 20.2 Å². The van der Waals surface area contributed by atoms with Crippen LogP contribution in [0.3, 0.4) is 0 Å². The summed E-state index contributed by atoms with van der Waals surface area (Å²) in [4.78, 5) is 10.8. The Balaban J connectivity index is 2.24. The Morgan fingerprint density at radius 1 is 1.57 bits per heavy atom. The van der Waals surface area contributed by atoms with Crippen LogP contribution in [-0.2, 0) is 14.8 Å². The molecule has 2 N–H and O–H groups in total. The number of nitrogens with zero attached hydrogens (tertiary/aromatic N) is 2. The zero-order chi connectivity index (χ0) is 15.6. The van der Waals surface area contributed by atoms with Crippen LogP contribution in [0.1, 0.15) is 29.0 Å². The first-order chi connectivity index (χ1) is 9.84. The predicted molar refractivity (Wildman–Crippen MR) is 73.6 cm³/mol. The van der Waals surface area contributed by atoms with Gasteiger partial charge in [-0.2, -0.15) is 5.10 Å². The van der Waals surface area contributed by atoms with E-state index in [1.807, 2.05) is 0 Å². The van der Waals surface area contributed by atoms with Crippen molar-refractivity contribution in [3.05, 3.63) is 11.4 Å². The van der Waals surface area contributed by atoms with Crippen molar-refractivity contribution in [1.29, 1.82) is 0 Å². The first-order valence-corrected chi connectivity index (χ1v) is 8.10. The summed E-state index contributed by atoms with van der Waals surface area (Å²) in [5, 5.41) is 15.0. The van der Waals surface area contributed by atoms with Crippen LogP contribution in [-0.4, -0.2) is 60.8 Å². The molecular formula is C12H19N3O5S. The molecule has 1 aromatic heterocycles. The van der Waals surface area contributed by atoms with Gasteiger partial charge in [-0.25, -0.2) is 17.5 Å². The number of aromatic carboxylic acids is 1. The van der Waals surface area contributed by atoms with Gasteiger partial charge in [0.25, 0.3) is 0 Å². The number of aromatic amines is 1. The molecule has 21 heavy (non-hydrogen) atoms. The Labute approximate surface area is 123 Å². The number of carbonyl (C=O) groups is 1. The second kappa shape index (κ2) is 6.12. The quantitative estimate of drug-likeness (QED) is 0.816. The number of sulfonamides is 1. The Morgan fingerprint density at radius 2 is 2.29 bits per heavy atom. The topological polar surface area (TPSA) is 113 Å². The summed E-state index contributed by atoms with van der Waals surface area (Å²) in [6.45, 7) is 3.02. The van der Waals surface area contributed by atoms with Crippen molar-refractivity contribution in [3.8, 4) is 0 Å². The molecule has 0 bridgehead atoms. The van der Waals surface area contributed by atoms with E-state index in [1.165, 1.54) is 18.3 Å². The number of aryl methyl sites for hydroxylation is 1. The fourth-order valence-corrected chi connectivity index (χ4v) is 3.98. The summed E-state index contributed by atoms with van der Waals surface area (Å²) in [5.41, 5.74) is -0.251. The summed E-state index contributed by atoms with van der Waals surface area (Å²) >= 11 is 0. The zero-order valence-corrected chi connectivity index (χ0v) is 12.8. The van der Waals surface area contributed by atoms with Crippen LogP contribution in [0.15, 0.2) is 4.90 Å². The molecule has 0 amide bonds. The van der Waals surface area contributed by atoms with E-state index < -0.39 is 21.7 Å². The van der Waals surface area contributed by atoms with E-state index in [2.05, 4.69) is 10.2 Å². The number of hydrogen-bond donors (Lipinski definition) is 2. The van der Waals surface area contributed by atoms with Gasteiger partial charge in [0.15, 0.2) is 5.69 Å². The summed E-state index contributed by atoms with van der Waals surface area (Å²) in [5.74, 6) is -1.24. The predicted octanol–water partition coefficient (Wildman–Crippen LogP) is 0.463. The Kier molecular flexibility index (Phi) is 4.64. The van der Waals surface area contributed by atoms with Gasteiger partial charge in [-0.1, -0.05) is 0 Å².